The highest BCUT2D eigenvalue weighted by Crippen LogP contribution is 2.08. The normalized spacial score (nSPS) is 14.9. The van der Waals surface area contributed by atoms with E-state index in [9.17, 15) is 39.1 Å². The third-order valence-electron chi connectivity index (χ3n) is 7.69. The second-order valence-corrected chi connectivity index (χ2v) is 12.2. The van der Waals surface area contributed by atoms with E-state index >= 15 is 0 Å². The maximum Gasteiger partial charge on any atom is 0.475 e. The molecule has 0 spiro atoms. The third-order valence-corrected chi connectivity index (χ3v) is 7.69. The van der Waals surface area contributed by atoms with Gasteiger partial charge in [0.05, 0.1) is 12.0 Å². The minimum atomic E-state index is -1.79. The predicted molar refractivity (Wildman–Crippen MR) is 182 cm³/mol. The van der Waals surface area contributed by atoms with Gasteiger partial charge >= 0.3 is 7.12 Å². The summed E-state index contributed by atoms with van der Waals surface area (Å²) in [6, 6.07) is -4.65. The van der Waals surface area contributed by atoms with Crippen LogP contribution in [0.3, 0.4) is 0 Å². The molecule has 16 heteroatoms. The zero-order chi connectivity index (χ0) is 35.8. The average molecular weight is 672 g/mol. The van der Waals surface area contributed by atoms with Crippen LogP contribution in [0, 0.1) is 0 Å². The number of rotatable bonds is 27. The third kappa shape index (κ3) is 20.2. The van der Waals surface area contributed by atoms with Gasteiger partial charge in [-0.15, -0.1) is 0 Å². The van der Waals surface area contributed by atoms with Crippen molar-refractivity contribution in [3.8, 4) is 0 Å². The molecule has 0 fully saturated rings. The molecule has 0 rings (SSSR count). The molecule has 0 radical (unpaired) electrons. The van der Waals surface area contributed by atoms with Gasteiger partial charge < -0.3 is 52.8 Å². The molecular weight excluding hydrogens is 609 g/mol. The van der Waals surface area contributed by atoms with Gasteiger partial charge in [0.1, 0.15) is 24.2 Å². The van der Waals surface area contributed by atoms with Gasteiger partial charge in [0.2, 0.25) is 29.5 Å². The molecule has 0 aromatic rings. The Kier molecular flexibility index (Phi) is 24.6. The zero-order valence-electron chi connectivity index (χ0n) is 29.1. The highest BCUT2D eigenvalue weighted by Gasteiger charge is 2.32. The van der Waals surface area contributed by atoms with Crippen molar-refractivity contribution >= 4 is 36.7 Å². The van der Waals surface area contributed by atoms with Crippen LogP contribution in [0.4, 0.5) is 0 Å². The highest BCUT2D eigenvalue weighted by atomic mass is 16.4. The smallest absolute Gasteiger partial charge is 0.426 e. The first-order chi connectivity index (χ1) is 22.3. The van der Waals surface area contributed by atoms with Crippen LogP contribution < -0.4 is 37.6 Å². The van der Waals surface area contributed by atoms with Gasteiger partial charge in [0.15, 0.2) is 0 Å². The number of carbonyl (C=O) groups excluding carboxylic acids is 5. The Morgan fingerprint density at radius 3 is 1.79 bits per heavy atom. The van der Waals surface area contributed by atoms with Gasteiger partial charge in [-0.1, -0.05) is 65.2 Å². The molecule has 0 aliphatic carbocycles. The average Bonchev–Trinajstić information content (AvgIpc) is 3.01. The van der Waals surface area contributed by atoms with Crippen LogP contribution >= 0.6 is 0 Å². The number of hydrogen-bond donors (Lipinski definition) is 10. The number of aliphatic hydroxyl groups excluding tert-OH is 1. The Morgan fingerprint density at radius 1 is 0.660 bits per heavy atom. The van der Waals surface area contributed by atoms with Crippen molar-refractivity contribution in [3.63, 3.8) is 0 Å². The van der Waals surface area contributed by atoms with Gasteiger partial charge in [-0.2, -0.15) is 0 Å². The molecule has 6 atom stereocenters. The molecule has 11 N–H and O–H groups in total. The molecule has 15 nitrogen and oxygen atoms in total. The topological polar surface area (TPSA) is 244 Å². The van der Waals surface area contributed by atoms with Crippen LogP contribution in [-0.2, 0) is 24.0 Å². The first kappa shape index (κ1) is 44.2. The Labute approximate surface area is 280 Å². The number of aliphatic hydroxyl groups is 1. The summed E-state index contributed by atoms with van der Waals surface area (Å²) >= 11 is 0. The largest absolute Gasteiger partial charge is 0.475 e. The molecule has 0 aliphatic rings. The van der Waals surface area contributed by atoms with E-state index in [2.05, 4.69) is 38.8 Å². The van der Waals surface area contributed by atoms with Crippen LogP contribution in [0.25, 0.3) is 0 Å². The quantitative estimate of drug-likeness (QED) is 0.0382. The Hall–Kier alpha value is -2.79. The van der Waals surface area contributed by atoms with E-state index in [0.717, 1.165) is 19.4 Å². The van der Waals surface area contributed by atoms with E-state index in [1.165, 1.54) is 59.3 Å². The molecule has 47 heavy (non-hydrogen) atoms. The molecule has 0 aliphatic heterocycles. The zero-order valence-corrected chi connectivity index (χ0v) is 29.1. The fourth-order valence-electron chi connectivity index (χ4n) is 4.69. The summed E-state index contributed by atoms with van der Waals surface area (Å²) in [4.78, 5) is 64.0. The fraction of sp³-hybridized carbons (Fsp3) is 0.839. The van der Waals surface area contributed by atoms with Crippen molar-refractivity contribution in [2.24, 2.45) is 5.73 Å². The highest BCUT2D eigenvalue weighted by molar-refractivity contribution is 6.43. The number of nitrogens with one attached hydrogen (secondary N) is 6. The number of amides is 5. The van der Waals surface area contributed by atoms with E-state index in [1.807, 2.05) is 0 Å². The van der Waals surface area contributed by atoms with E-state index in [-0.39, 0.29) is 31.7 Å². The molecule has 5 amide bonds. The molecule has 0 heterocycles. The molecule has 0 aromatic carbocycles. The van der Waals surface area contributed by atoms with E-state index in [0.29, 0.717) is 13.0 Å². The molecule has 0 saturated heterocycles. The first-order valence-corrected chi connectivity index (χ1v) is 17.2. The van der Waals surface area contributed by atoms with Crippen molar-refractivity contribution in [3.05, 3.63) is 0 Å². The minimum absolute atomic E-state index is 0.0837. The Balaban J connectivity index is 4.92. The van der Waals surface area contributed by atoms with Crippen molar-refractivity contribution in [2.75, 3.05) is 19.6 Å². The summed E-state index contributed by atoms with van der Waals surface area (Å²) in [5, 5.41) is 44.4. The standard InChI is InChI=1S/C31H62BN7O8/c1-6-8-9-10-11-12-13-14-19-34-20-17-26(41)37-25(16-18-33)30(44)39-27(22(4)40)31(45)35-21(3)28(42)38-24(15-7-2)29(43)36-23(5)32(46)47/h21-25,27,34,40,46-47H,6-20,33H2,1-5H3,(H,35,45)(H,36,43)(H,37,41)(H,38,42)(H,39,44)/t21-,22+,23-,24-,25-,27-/m0/s1. The lowest BCUT2D eigenvalue weighted by Gasteiger charge is -2.26. The van der Waals surface area contributed by atoms with Crippen molar-refractivity contribution in [2.45, 2.75) is 148 Å². The summed E-state index contributed by atoms with van der Waals surface area (Å²) in [5.74, 6) is -4.23. The fourth-order valence-corrected chi connectivity index (χ4v) is 4.69. The van der Waals surface area contributed by atoms with Gasteiger partial charge in [0, 0.05) is 13.0 Å². The Morgan fingerprint density at radius 2 is 1.23 bits per heavy atom. The van der Waals surface area contributed by atoms with Crippen molar-refractivity contribution < 1.29 is 39.1 Å². The lowest BCUT2D eigenvalue weighted by Crippen LogP contribution is -2.60. The molecule has 0 saturated carbocycles. The van der Waals surface area contributed by atoms with E-state index in [1.54, 1.807) is 6.92 Å². The monoisotopic (exact) mass is 671 g/mol. The molecule has 272 valence electrons. The molecule has 0 aromatic heterocycles. The predicted octanol–water partition coefficient (Wildman–Crippen LogP) is -0.888. The van der Waals surface area contributed by atoms with Crippen LogP contribution in [0.2, 0.25) is 0 Å². The first-order valence-electron chi connectivity index (χ1n) is 17.2. The van der Waals surface area contributed by atoms with Crippen molar-refractivity contribution in [1.29, 1.82) is 0 Å². The number of hydrogen-bond acceptors (Lipinski definition) is 10. The molecule has 0 bridgehead atoms. The second-order valence-electron chi connectivity index (χ2n) is 12.2. The molecule has 0 unspecified atom stereocenters. The van der Waals surface area contributed by atoms with E-state index < -0.39 is 67.0 Å². The maximum atomic E-state index is 13.0. The van der Waals surface area contributed by atoms with Gasteiger partial charge in [0.25, 0.3) is 0 Å². The second kappa shape index (κ2) is 26.2. The summed E-state index contributed by atoms with van der Waals surface area (Å²) in [6.45, 7) is 9.39. The Bertz CT molecular complexity index is 928. The van der Waals surface area contributed by atoms with Crippen LogP contribution in [0.5, 0.6) is 0 Å². The number of carbonyl (C=O) groups is 5. The summed E-state index contributed by atoms with van der Waals surface area (Å²) in [7, 11) is -1.79. The molecular formula is C31H62BN7O8. The van der Waals surface area contributed by atoms with Crippen molar-refractivity contribution in [1.82, 2.24) is 31.9 Å². The summed E-state index contributed by atoms with van der Waals surface area (Å²) in [6.07, 6.45) is 9.39. The summed E-state index contributed by atoms with van der Waals surface area (Å²) < 4.78 is 0. The number of unbranched alkanes of at least 4 members (excludes halogenated alkanes) is 7. The van der Waals surface area contributed by atoms with Gasteiger partial charge in [-0.3, -0.25) is 24.0 Å². The lowest BCUT2D eigenvalue weighted by atomic mass is 9.81. The summed E-state index contributed by atoms with van der Waals surface area (Å²) in [5.41, 5.74) is 5.66. The van der Waals surface area contributed by atoms with Gasteiger partial charge in [-0.05, 0) is 53.1 Å². The maximum absolute atomic E-state index is 13.0. The SMILES string of the molecule is CCCCCCCCCCNCCC(=O)N[C@@H](CCN)C(=O)N[C@H](C(=O)N[C@@H](C)C(=O)N[C@@H](CCC)C(=O)N[C@@H](C)B(O)O)[C@@H](C)O. The van der Waals surface area contributed by atoms with Crippen LogP contribution in [0.15, 0.2) is 0 Å². The minimum Gasteiger partial charge on any atom is -0.426 e. The lowest BCUT2D eigenvalue weighted by molar-refractivity contribution is -0.136. The van der Waals surface area contributed by atoms with Gasteiger partial charge in [-0.25, -0.2) is 0 Å². The van der Waals surface area contributed by atoms with Crippen LogP contribution in [0.1, 0.15) is 112 Å². The van der Waals surface area contributed by atoms with E-state index in [4.69, 9.17) is 5.73 Å². The number of nitrogens with two attached hydrogens (primary N) is 1. The van der Waals surface area contributed by atoms with Crippen LogP contribution in [-0.4, -0.2) is 108 Å².